The Morgan fingerprint density at radius 1 is 0.972 bits per heavy atom. The average molecular weight is 530 g/mol. The van der Waals surface area contributed by atoms with Crippen LogP contribution in [0.3, 0.4) is 0 Å². The number of alkyl halides is 5. The third-order valence-corrected chi connectivity index (χ3v) is 7.11. The molecule has 6 nitrogen and oxygen atoms in total. The molecule has 3 aromatic rings. The highest BCUT2D eigenvalue weighted by molar-refractivity contribution is 7.92. The fourth-order valence-corrected chi connectivity index (χ4v) is 5.22. The first-order valence-electron chi connectivity index (χ1n) is 10.1. The number of rotatable bonds is 5. The van der Waals surface area contributed by atoms with Crippen molar-refractivity contribution in [1.29, 1.82) is 0 Å². The maximum absolute atomic E-state index is 14.1. The highest BCUT2D eigenvalue weighted by Crippen LogP contribution is 2.37. The second-order valence-corrected chi connectivity index (χ2v) is 9.67. The molecule has 0 saturated carbocycles. The van der Waals surface area contributed by atoms with Crippen molar-refractivity contribution in [3.05, 3.63) is 77.6 Å². The molecule has 0 aliphatic carbocycles. The molecule has 0 aromatic heterocycles. The van der Waals surface area contributed by atoms with Crippen LogP contribution < -0.4 is 9.04 Å². The Hall–Kier alpha value is -3.74. The Morgan fingerprint density at radius 3 is 2.36 bits per heavy atom. The summed E-state index contributed by atoms with van der Waals surface area (Å²) < 4.78 is 111. The van der Waals surface area contributed by atoms with Gasteiger partial charge in [0.2, 0.25) is 0 Å². The lowest BCUT2D eigenvalue weighted by atomic mass is 10.0. The van der Waals surface area contributed by atoms with Crippen molar-refractivity contribution in [1.82, 2.24) is 4.90 Å². The molecule has 190 valence electrons. The van der Waals surface area contributed by atoms with Gasteiger partial charge in [-0.25, -0.2) is 17.1 Å². The second-order valence-electron chi connectivity index (χ2n) is 7.81. The van der Waals surface area contributed by atoms with Crippen LogP contribution >= 0.6 is 0 Å². The molecule has 1 aliphatic heterocycles. The molecule has 0 bridgehead atoms. The van der Waals surface area contributed by atoms with Gasteiger partial charge >= 0.3 is 12.8 Å². The van der Waals surface area contributed by atoms with E-state index in [-0.39, 0.29) is 22.4 Å². The number of carbonyl (C=O) groups is 1. The summed E-state index contributed by atoms with van der Waals surface area (Å²) in [6.07, 6.45) is -4.79. The van der Waals surface area contributed by atoms with Gasteiger partial charge < -0.3 is 9.64 Å². The van der Waals surface area contributed by atoms with Crippen LogP contribution in [0.1, 0.15) is 15.9 Å². The number of nitrogens with zero attached hydrogens (tertiary/aromatic N) is 2. The van der Waals surface area contributed by atoms with Crippen molar-refractivity contribution < 1.29 is 44.3 Å². The monoisotopic (exact) mass is 530 g/mol. The van der Waals surface area contributed by atoms with Gasteiger partial charge in [0.1, 0.15) is 18.2 Å². The first-order chi connectivity index (χ1) is 16.8. The molecule has 0 radical (unpaired) electrons. The molecule has 0 atom stereocenters. The van der Waals surface area contributed by atoms with E-state index in [9.17, 15) is 39.6 Å². The number of halogens is 6. The average Bonchev–Trinajstić information content (AvgIpc) is 2.79. The minimum absolute atomic E-state index is 0.0382. The molecule has 0 spiro atoms. The Labute approximate surface area is 201 Å². The van der Waals surface area contributed by atoms with Gasteiger partial charge in [0, 0.05) is 13.1 Å². The minimum Gasteiger partial charge on any atom is -0.435 e. The Kier molecular flexibility index (Phi) is 6.37. The van der Waals surface area contributed by atoms with Gasteiger partial charge in [0.15, 0.2) is 0 Å². The highest BCUT2D eigenvalue weighted by atomic mass is 32.2. The Morgan fingerprint density at radius 2 is 1.69 bits per heavy atom. The summed E-state index contributed by atoms with van der Waals surface area (Å²) in [6, 6.07) is 9.79. The summed E-state index contributed by atoms with van der Waals surface area (Å²) in [7, 11) is -3.29. The lowest BCUT2D eigenvalue weighted by molar-refractivity contribution is -0.137. The van der Waals surface area contributed by atoms with E-state index in [0.717, 1.165) is 45.6 Å². The van der Waals surface area contributed by atoms with Gasteiger partial charge in [-0.15, -0.1) is 0 Å². The molecule has 4 rings (SSSR count). The van der Waals surface area contributed by atoms with E-state index in [2.05, 4.69) is 4.74 Å². The van der Waals surface area contributed by atoms with Gasteiger partial charge in [-0.1, -0.05) is 12.1 Å². The summed E-state index contributed by atoms with van der Waals surface area (Å²) in [5.41, 5.74) is -1.24. The van der Waals surface area contributed by atoms with E-state index in [1.807, 2.05) is 0 Å². The van der Waals surface area contributed by atoms with Crippen LogP contribution in [-0.2, 0) is 16.2 Å². The topological polar surface area (TPSA) is 66.9 Å². The predicted octanol–water partition coefficient (Wildman–Crippen LogP) is 5.35. The zero-order valence-electron chi connectivity index (χ0n) is 18.3. The van der Waals surface area contributed by atoms with E-state index >= 15 is 0 Å². The molecule has 1 aliphatic rings. The van der Waals surface area contributed by atoms with Crippen molar-refractivity contribution >= 4 is 21.6 Å². The molecule has 0 saturated heterocycles. The van der Waals surface area contributed by atoms with Crippen LogP contribution in [0.5, 0.6) is 5.75 Å². The van der Waals surface area contributed by atoms with Crippen LogP contribution in [0.25, 0.3) is 11.1 Å². The Balaban J connectivity index is 1.84. The normalized spacial score (nSPS) is 14.3. The summed E-state index contributed by atoms with van der Waals surface area (Å²) in [5.74, 6) is -1.96. The SMILES string of the molecule is CN1CN(S(=O)(=O)c2cccc(C(F)(F)F)c2)c2cc(-c3cc(F)cc(OC(F)F)c3)ccc2C1=O. The maximum Gasteiger partial charge on any atom is 0.416 e. The number of benzene rings is 3. The zero-order chi connectivity index (χ0) is 26.4. The maximum atomic E-state index is 14.1. The van der Waals surface area contributed by atoms with Gasteiger partial charge in [-0.3, -0.25) is 4.79 Å². The molecular formula is C23H16F6N2O4S. The molecule has 36 heavy (non-hydrogen) atoms. The number of sulfonamides is 1. The quantitative estimate of drug-likeness (QED) is 0.417. The largest absolute Gasteiger partial charge is 0.435 e. The van der Waals surface area contributed by atoms with Crippen molar-refractivity contribution in [2.45, 2.75) is 17.7 Å². The van der Waals surface area contributed by atoms with Crippen LogP contribution in [0.4, 0.5) is 32.0 Å². The summed E-state index contributed by atoms with van der Waals surface area (Å²) >= 11 is 0. The first-order valence-corrected chi connectivity index (χ1v) is 11.6. The van der Waals surface area contributed by atoms with Crippen LogP contribution in [-0.4, -0.2) is 39.6 Å². The smallest absolute Gasteiger partial charge is 0.416 e. The van der Waals surface area contributed by atoms with E-state index < -0.39 is 57.4 Å². The van der Waals surface area contributed by atoms with E-state index in [1.165, 1.54) is 25.2 Å². The summed E-state index contributed by atoms with van der Waals surface area (Å²) in [5, 5.41) is 0. The standard InChI is InChI=1S/C23H16F6N2O4S/c1-30-12-31(36(33,34)18-4-2-3-15(10-18)23(27,28)29)20-9-13(5-6-19(20)21(30)32)14-7-16(24)11-17(8-14)35-22(25)26/h2-11,22H,12H2,1H3. The van der Waals surface area contributed by atoms with Crippen molar-refractivity contribution in [2.24, 2.45) is 0 Å². The lowest BCUT2D eigenvalue weighted by Crippen LogP contribution is -2.47. The zero-order valence-corrected chi connectivity index (χ0v) is 19.1. The number of fused-ring (bicyclic) bond motifs is 1. The van der Waals surface area contributed by atoms with Crippen LogP contribution in [0, 0.1) is 5.82 Å². The summed E-state index contributed by atoms with van der Waals surface area (Å²) in [6.45, 7) is -3.74. The minimum atomic E-state index is -4.79. The lowest BCUT2D eigenvalue weighted by Gasteiger charge is -2.35. The molecule has 1 amide bonds. The highest BCUT2D eigenvalue weighted by Gasteiger charge is 2.37. The third-order valence-electron chi connectivity index (χ3n) is 5.36. The van der Waals surface area contributed by atoms with E-state index in [1.54, 1.807) is 0 Å². The fraction of sp³-hybridized carbons (Fsp3) is 0.174. The third kappa shape index (κ3) is 4.83. The molecule has 1 heterocycles. The number of carbonyl (C=O) groups excluding carboxylic acids is 1. The van der Waals surface area contributed by atoms with Gasteiger partial charge in [0.05, 0.1) is 21.7 Å². The number of ether oxygens (including phenoxy) is 1. The van der Waals surface area contributed by atoms with Crippen LogP contribution in [0.15, 0.2) is 65.6 Å². The van der Waals surface area contributed by atoms with Crippen molar-refractivity contribution in [2.75, 3.05) is 18.0 Å². The number of amides is 1. The van der Waals surface area contributed by atoms with E-state index in [4.69, 9.17) is 0 Å². The Bertz CT molecular complexity index is 1440. The molecule has 0 fully saturated rings. The summed E-state index contributed by atoms with van der Waals surface area (Å²) in [4.78, 5) is 13.1. The number of hydrogen-bond acceptors (Lipinski definition) is 4. The van der Waals surface area contributed by atoms with Gasteiger partial charge in [0.25, 0.3) is 15.9 Å². The molecule has 13 heteroatoms. The molecule has 3 aromatic carbocycles. The number of hydrogen-bond donors (Lipinski definition) is 0. The first kappa shape index (κ1) is 25.4. The van der Waals surface area contributed by atoms with E-state index in [0.29, 0.717) is 6.07 Å². The van der Waals surface area contributed by atoms with Gasteiger partial charge in [-0.2, -0.15) is 22.0 Å². The predicted molar refractivity (Wildman–Crippen MR) is 117 cm³/mol. The molecular weight excluding hydrogens is 514 g/mol. The van der Waals surface area contributed by atoms with Gasteiger partial charge in [-0.05, 0) is 53.6 Å². The molecule has 0 unspecified atom stereocenters. The molecule has 0 N–H and O–H groups in total. The second kappa shape index (κ2) is 9.04. The fourth-order valence-electron chi connectivity index (χ4n) is 3.70. The van der Waals surface area contributed by atoms with Crippen molar-refractivity contribution in [3.8, 4) is 16.9 Å². The van der Waals surface area contributed by atoms with Crippen LogP contribution in [0.2, 0.25) is 0 Å². The number of anilines is 1. The van der Waals surface area contributed by atoms with Crippen molar-refractivity contribution in [3.63, 3.8) is 0 Å².